The Labute approximate surface area is 110 Å². The molecular formula is C13H19N3O3. The number of nitrogens with one attached hydrogen (secondary N) is 2. The molecule has 2 unspecified atom stereocenters. The Balaban J connectivity index is 1.97. The van der Waals surface area contributed by atoms with E-state index in [1.165, 1.54) is 23.3 Å². The number of H-pyrrole nitrogens is 1. The number of nitrogens with zero attached hydrogens (tertiary/aromatic N) is 1. The number of hydrogen-bond acceptors (Lipinski definition) is 3. The van der Waals surface area contributed by atoms with E-state index in [0.29, 0.717) is 5.92 Å². The Hall–Kier alpha value is -1.85. The zero-order valence-electron chi connectivity index (χ0n) is 11.0. The normalized spacial score (nSPS) is 23.0. The molecule has 19 heavy (non-hydrogen) atoms. The molecule has 0 radical (unpaired) electrons. The number of carbonyl (C=O) groups excluding carboxylic acids is 1. The lowest BCUT2D eigenvalue weighted by Crippen LogP contribution is -2.44. The largest absolute Gasteiger partial charge is 0.352 e. The van der Waals surface area contributed by atoms with Crippen molar-refractivity contribution in [3.63, 3.8) is 0 Å². The summed E-state index contributed by atoms with van der Waals surface area (Å²) in [7, 11) is 0. The van der Waals surface area contributed by atoms with Crippen molar-refractivity contribution >= 4 is 5.91 Å². The van der Waals surface area contributed by atoms with Crippen molar-refractivity contribution in [2.24, 2.45) is 5.92 Å². The lowest BCUT2D eigenvalue weighted by molar-refractivity contribution is -0.123. The Bertz CT molecular complexity index is 561. The van der Waals surface area contributed by atoms with Crippen LogP contribution in [-0.2, 0) is 11.3 Å². The third-order valence-corrected chi connectivity index (χ3v) is 3.67. The molecule has 0 bridgehead atoms. The van der Waals surface area contributed by atoms with Crippen LogP contribution in [-0.4, -0.2) is 21.5 Å². The number of rotatable bonds is 3. The number of hydrogen-bond donors (Lipinski definition) is 2. The molecule has 0 saturated heterocycles. The molecule has 1 heterocycles. The van der Waals surface area contributed by atoms with Crippen molar-refractivity contribution in [3.8, 4) is 0 Å². The molecule has 0 spiro atoms. The van der Waals surface area contributed by atoms with E-state index in [4.69, 9.17) is 0 Å². The Morgan fingerprint density at radius 2 is 2.16 bits per heavy atom. The topological polar surface area (TPSA) is 84.0 Å². The molecule has 1 saturated carbocycles. The fourth-order valence-electron chi connectivity index (χ4n) is 2.51. The molecule has 1 fully saturated rings. The molecule has 0 aromatic carbocycles. The van der Waals surface area contributed by atoms with Crippen LogP contribution in [0.5, 0.6) is 0 Å². The van der Waals surface area contributed by atoms with Crippen molar-refractivity contribution in [1.29, 1.82) is 0 Å². The van der Waals surface area contributed by atoms with Gasteiger partial charge in [-0.1, -0.05) is 19.8 Å². The molecule has 1 amide bonds. The van der Waals surface area contributed by atoms with Gasteiger partial charge in [-0.2, -0.15) is 0 Å². The quantitative estimate of drug-likeness (QED) is 0.820. The molecule has 1 aromatic rings. The monoisotopic (exact) mass is 265 g/mol. The highest BCUT2D eigenvalue weighted by Crippen LogP contribution is 2.23. The van der Waals surface area contributed by atoms with Crippen LogP contribution >= 0.6 is 0 Å². The third-order valence-electron chi connectivity index (χ3n) is 3.67. The molecule has 2 N–H and O–H groups in total. The summed E-state index contributed by atoms with van der Waals surface area (Å²) in [5.41, 5.74) is -1.01. The van der Waals surface area contributed by atoms with Crippen LogP contribution < -0.4 is 16.6 Å². The van der Waals surface area contributed by atoms with E-state index in [1.54, 1.807) is 0 Å². The van der Waals surface area contributed by atoms with Gasteiger partial charge in [-0.05, 0) is 18.8 Å². The summed E-state index contributed by atoms with van der Waals surface area (Å²) in [5, 5.41) is 2.97. The van der Waals surface area contributed by atoms with Crippen LogP contribution in [0.1, 0.15) is 32.6 Å². The van der Waals surface area contributed by atoms with E-state index in [-0.39, 0.29) is 18.5 Å². The summed E-state index contributed by atoms with van der Waals surface area (Å²) < 4.78 is 1.20. The highest BCUT2D eigenvalue weighted by atomic mass is 16.2. The molecule has 6 heteroatoms. The third kappa shape index (κ3) is 3.56. The Kier molecular flexibility index (Phi) is 4.19. The lowest BCUT2D eigenvalue weighted by Gasteiger charge is -2.29. The second kappa shape index (κ2) is 5.86. The molecule has 104 valence electrons. The minimum atomic E-state index is -0.556. The van der Waals surface area contributed by atoms with Gasteiger partial charge < -0.3 is 5.32 Å². The van der Waals surface area contributed by atoms with E-state index >= 15 is 0 Å². The zero-order valence-corrected chi connectivity index (χ0v) is 11.0. The zero-order chi connectivity index (χ0) is 13.8. The molecule has 2 atom stereocenters. The van der Waals surface area contributed by atoms with Gasteiger partial charge in [-0.15, -0.1) is 0 Å². The van der Waals surface area contributed by atoms with Crippen LogP contribution in [0.15, 0.2) is 21.9 Å². The minimum Gasteiger partial charge on any atom is -0.352 e. The maximum atomic E-state index is 11.9. The maximum Gasteiger partial charge on any atom is 0.328 e. The van der Waals surface area contributed by atoms with Crippen LogP contribution in [0.2, 0.25) is 0 Å². The van der Waals surface area contributed by atoms with Gasteiger partial charge >= 0.3 is 5.69 Å². The van der Waals surface area contributed by atoms with Gasteiger partial charge in [0.1, 0.15) is 6.54 Å². The van der Waals surface area contributed by atoms with Crippen LogP contribution in [0, 0.1) is 5.92 Å². The van der Waals surface area contributed by atoms with Gasteiger partial charge in [0.2, 0.25) is 5.91 Å². The van der Waals surface area contributed by atoms with Gasteiger partial charge in [0.15, 0.2) is 0 Å². The average Bonchev–Trinajstić information content (AvgIpc) is 2.36. The lowest BCUT2D eigenvalue weighted by atomic mass is 9.86. The van der Waals surface area contributed by atoms with Gasteiger partial charge in [0.05, 0.1) is 0 Å². The SMILES string of the molecule is CC1CCCCC1NC(=O)Cn1ccc(=O)[nH]c1=O. The number of carbonyl (C=O) groups is 1. The highest BCUT2D eigenvalue weighted by Gasteiger charge is 2.22. The van der Waals surface area contributed by atoms with Gasteiger partial charge in [0, 0.05) is 18.3 Å². The average molecular weight is 265 g/mol. The van der Waals surface area contributed by atoms with E-state index in [1.807, 2.05) is 0 Å². The van der Waals surface area contributed by atoms with Gasteiger partial charge in [0.25, 0.3) is 5.56 Å². The van der Waals surface area contributed by atoms with Crippen molar-refractivity contribution < 1.29 is 4.79 Å². The Morgan fingerprint density at radius 3 is 2.84 bits per heavy atom. The summed E-state index contributed by atoms with van der Waals surface area (Å²) in [5.74, 6) is 0.290. The van der Waals surface area contributed by atoms with Gasteiger partial charge in [-0.25, -0.2) is 4.79 Å². The summed E-state index contributed by atoms with van der Waals surface area (Å²) in [6, 6.07) is 1.43. The second-order valence-corrected chi connectivity index (χ2v) is 5.17. The number of aromatic nitrogens is 2. The van der Waals surface area contributed by atoms with E-state index < -0.39 is 11.2 Å². The minimum absolute atomic E-state index is 0.0567. The highest BCUT2D eigenvalue weighted by molar-refractivity contribution is 5.76. The molecule has 1 aliphatic carbocycles. The molecule has 1 aliphatic rings. The van der Waals surface area contributed by atoms with Crippen molar-refractivity contribution in [2.45, 2.75) is 45.2 Å². The first-order chi connectivity index (χ1) is 9.06. The van der Waals surface area contributed by atoms with Gasteiger partial charge in [-0.3, -0.25) is 19.1 Å². The predicted octanol–water partition coefficient (Wildman–Crippen LogP) is 0.231. The van der Waals surface area contributed by atoms with E-state index in [0.717, 1.165) is 19.3 Å². The molecule has 1 aromatic heterocycles. The summed E-state index contributed by atoms with van der Waals surface area (Å²) in [6.07, 6.45) is 5.81. The molecular weight excluding hydrogens is 246 g/mol. The maximum absolute atomic E-state index is 11.9. The Morgan fingerprint density at radius 1 is 1.42 bits per heavy atom. The van der Waals surface area contributed by atoms with Crippen LogP contribution in [0.4, 0.5) is 0 Å². The van der Waals surface area contributed by atoms with Crippen LogP contribution in [0.25, 0.3) is 0 Å². The standard InChI is InChI=1S/C13H19N3O3/c1-9-4-2-3-5-10(9)14-12(18)8-16-7-6-11(17)15-13(16)19/h6-7,9-10H,2-5,8H2,1H3,(H,14,18)(H,15,17,19). The first-order valence-electron chi connectivity index (χ1n) is 6.65. The number of amides is 1. The fourth-order valence-corrected chi connectivity index (χ4v) is 2.51. The first-order valence-corrected chi connectivity index (χ1v) is 6.65. The van der Waals surface area contributed by atoms with E-state index in [9.17, 15) is 14.4 Å². The van der Waals surface area contributed by atoms with Crippen molar-refractivity contribution in [1.82, 2.24) is 14.9 Å². The number of aromatic amines is 1. The summed E-state index contributed by atoms with van der Waals surface area (Å²) >= 11 is 0. The van der Waals surface area contributed by atoms with Crippen molar-refractivity contribution in [3.05, 3.63) is 33.1 Å². The van der Waals surface area contributed by atoms with Crippen molar-refractivity contribution in [2.75, 3.05) is 0 Å². The fraction of sp³-hybridized carbons (Fsp3) is 0.615. The molecule has 0 aliphatic heterocycles. The predicted molar refractivity (Wildman–Crippen MR) is 70.9 cm³/mol. The second-order valence-electron chi connectivity index (χ2n) is 5.17. The van der Waals surface area contributed by atoms with E-state index in [2.05, 4.69) is 17.2 Å². The smallest absolute Gasteiger partial charge is 0.328 e. The summed E-state index contributed by atoms with van der Waals surface area (Å²) in [4.78, 5) is 36.4. The summed E-state index contributed by atoms with van der Waals surface area (Å²) in [6.45, 7) is 2.08. The first kappa shape index (κ1) is 13.6. The van der Waals surface area contributed by atoms with Crippen LogP contribution in [0.3, 0.4) is 0 Å². The molecule has 6 nitrogen and oxygen atoms in total. The molecule has 2 rings (SSSR count).